The number of fused-ring (bicyclic) bond motifs is 6. The van der Waals surface area contributed by atoms with Crippen LogP contribution in [0.4, 0.5) is 0 Å². The van der Waals surface area contributed by atoms with Crippen molar-refractivity contribution in [2.75, 3.05) is 73.7 Å². The minimum atomic E-state index is -2.46. The first-order valence-electron chi connectivity index (χ1n) is 16.0. The molecule has 0 radical (unpaired) electrons. The molecule has 0 saturated carbocycles. The second-order valence-corrected chi connectivity index (χ2v) is 15.5. The zero-order valence-electron chi connectivity index (χ0n) is 25.8. The summed E-state index contributed by atoms with van der Waals surface area (Å²) in [4.78, 5) is 0. The van der Waals surface area contributed by atoms with Gasteiger partial charge in [0.2, 0.25) is 0 Å². The summed E-state index contributed by atoms with van der Waals surface area (Å²) >= 11 is 0. The van der Waals surface area contributed by atoms with Crippen LogP contribution in [0.1, 0.15) is 116 Å². The first-order valence-corrected chi connectivity index (χ1v) is 17.9. The van der Waals surface area contributed by atoms with Crippen molar-refractivity contribution in [1.29, 1.82) is 0 Å². The molecular weight excluding hydrogens is 535 g/mol. The topological polar surface area (TPSA) is 27.7 Å². The van der Waals surface area contributed by atoms with Gasteiger partial charge in [-0.2, -0.15) is 0 Å². The first-order chi connectivity index (χ1) is 17.4. The lowest BCUT2D eigenvalue weighted by molar-refractivity contribution is -0.912. The summed E-state index contributed by atoms with van der Waals surface area (Å²) < 4.78 is 21.0. The Bertz CT molecular complexity index is 528. The fourth-order valence-electron chi connectivity index (χ4n) is 5.86. The zero-order chi connectivity index (χ0) is 26.0. The van der Waals surface area contributed by atoms with Gasteiger partial charge in [0, 0.05) is 12.5 Å². The molecule has 3 aliphatic heterocycles. The molecule has 0 spiro atoms. The van der Waals surface area contributed by atoms with E-state index in [0.29, 0.717) is 0 Å². The van der Waals surface area contributed by atoms with Crippen LogP contribution in [0.5, 0.6) is 0 Å². The van der Waals surface area contributed by atoms with Gasteiger partial charge < -0.3 is 47.1 Å². The van der Waals surface area contributed by atoms with Gasteiger partial charge in [-0.15, -0.1) is 0 Å². The molecule has 5 nitrogen and oxygen atoms in total. The lowest BCUT2D eigenvalue weighted by atomic mass is 10.0. The van der Waals surface area contributed by atoms with Crippen molar-refractivity contribution < 1.29 is 47.1 Å². The van der Waals surface area contributed by atoms with Gasteiger partial charge in [-0.05, 0) is 12.8 Å². The normalized spacial score (nSPS) is 23.7. The Morgan fingerprint density at radius 3 is 1.29 bits per heavy atom. The summed E-state index contributed by atoms with van der Waals surface area (Å²) in [6.45, 7) is 10.4. The Morgan fingerprint density at radius 2 is 0.895 bits per heavy atom. The maximum absolute atomic E-state index is 6.29. The third-order valence-electron chi connectivity index (χ3n) is 8.72. The maximum Gasteiger partial charge on any atom is 0.501 e. The molecule has 2 bridgehead atoms. The van der Waals surface area contributed by atoms with Crippen molar-refractivity contribution in [3.8, 4) is 0 Å². The summed E-state index contributed by atoms with van der Waals surface area (Å²) in [7, 11) is 4.63. The van der Waals surface area contributed by atoms with Crippen LogP contribution in [0.3, 0.4) is 0 Å². The summed E-state index contributed by atoms with van der Waals surface area (Å²) in [6.07, 6.45) is 24.1. The van der Waals surface area contributed by atoms with Crippen molar-refractivity contribution in [2.45, 2.75) is 122 Å². The van der Waals surface area contributed by atoms with Crippen LogP contribution < -0.4 is 24.8 Å². The summed E-state index contributed by atoms with van der Waals surface area (Å²) in [5, 5.41) is 0. The predicted octanol–water partition coefficient (Wildman–Crippen LogP) is 1.18. The third kappa shape index (κ3) is 17.4. The Balaban J connectivity index is 0.00000684. The molecule has 230 valence electrons. The van der Waals surface area contributed by atoms with Crippen LogP contribution in [-0.2, 0) is 13.3 Å². The highest BCUT2D eigenvalue weighted by atomic mass is 35.5. The highest BCUT2D eigenvalue weighted by Gasteiger charge is 2.46. The predicted molar refractivity (Wildman–Crippen MR) is 155 cm³/mol. The van der Waals surface area contributed by atoms with Gasteiger partial charge in [0.25, 0.3) is 0 Å². The van der Waals surface area contributed by atoms with Crippen molar-refractivity contribution in [1.82, 2.24) is 0 Å². The number of unbranched alkanes of at least 4 members (excludes halogenated alkanes) is 15. The molecule has 3 aliphatic rings. The molecule has 3 fully saturated rings. The molecule has 0 aliphatic carbocycles. The molecule has 0 atom stereocenters. The molecular formula is C30H64Cl2N2O3Si. The van der Waals surface area contributed by atoms with E-state index < -0.39 is 8.80 Å². The zero-order valence-corrected chi connectivity index (χ0v) is 28.3. The van der Waals surface area contributed by atoms with Gasteiger partial charge in [0.05, 0.1) is 54.1 Å². The molecule has 0 unspecified atom stereocenters. The first kappa shape index (κ1) is 38.6. The van der Waals surface area contributed by atoms with E-state index in [-0.39, 0.29) is 24.8 Å². The number of nitrogens with zero attached hydrogens (tertiary/aromatic N) is 2. The molecule has 3 rings (SSSR count). The van der Waals surface area contributed by atoms with Crippen molar-refractivity contribution in [3.63, 3.8) is 0 Å². The highest BCUT2D eigenvalue weighted by Crippen LogP contribution is 2.25. The molecule has 3 heterocycles. The van der Waals surface area contributed by atoms with Crippen LogP contribution in [-0.4, -0.2) is 91.5 Å². The second-order valence-electron chi connectivity index (χ2n) is 12.8. The number of likely N-dealkylation sites (N-methyl/N-ethyl adjacent to an activating group) is 1. The lowest BCUT2D eigenvalue weighted by Gasteiger charge is -2.43. The highest BCUT2D eigenvalue weighted by molar-refractivity contribution is 6.60. The fourth-order valence-corrected chi connectivity index (χ4v) is 8.35. The Kier molecular flexibility index (Phi) is 22.6. The summed E-state index contributed by atoms with van der Waals surface area (Å²) in [5.74, 6) is 0. The molecule has 0 N–H and O–H groups in total. The largest absolute Gasteiger partial charge is 1.00 e. The van der Waals surface area contributed by atoms with Crippen molar-refractivity contribution in [3.05, 3.63) is 0 Å². The molecule has 38 heavy (non-hydrogen) atoms. The van der Waals surface area contributed by atoms with Gasteiger partial charge in [0.15, 0.2) is 0 Å². The van der Waals surface area contributed by atoms with Crippen LogP contribution in [0.2, 0.25) is 6.04 Å². The van der Waals surface area contributed by atoms with E-state index in [9.17, 15) is 0 Å². The Labute approximate surface area is 251 Å². The molecule has 3 saturated heterocycles. The number of rotatable bonds is 21. The summed E-state index contributed by atoms with van der Waals surface area (Å²) in [6, 6.07) is 0.983. The minimum absolute atomic E-state index is 0. The quantitative estimate of drug-likeness (QED) is 0.113. The molecule has 0 aromatic rings. The van der Waals surface area contributed by atoms with Gasteiger partial charge >= 0.3 is 8.80 Å². The van der Waals surface area contributed by atoms with Crippen LogP contribution in [0, 0.1) is 0 Å². The fraction of sp³-hybridized carbons (Fsp3) is 1.00. The Hall–Kier alpha value is 0.597. The number of quaternary nitrogens is 2. The lowest BCUT2D eigenvalue weighted by Crippen LogP contribution is -3.00. The number of hydrogen-bond donors (Lipinski definition) is 0. The van der Waals surface area contributed by atoms with Gasteiger partial charge in [-0.3, -0.25) is 0 Å². The molecule has 0 aromatic heterocycles. The van der Waals surface area contributed by atoms with E-state index in [1.165, 1.54) is 116 Å². The maximum atomic E-state index is 6.29. The standard InChI is InChI=1S/C30H64N2O3Si.2ClH/c1-5-6-7-8-9-10-11-12-13-14-15-16-17-18-19-20-22-31(2,3)23-21-30-36-33-27-24-32(4,25-28-34-36)26-29-35-36;;/h5-30H2,1-4H3;2*1H/q+2;;/p-2. The van der Waals surface area contributed by atoms with Crippen molar-refractivity contribution >= 4 is 8.80 Å². The average Bonchev–Trinajstić information content (AvgIpc) is 2.81. The monoisotopic (exact) mass is 598 g/mol. The van der Waals surface area contributed by atoms with E-state index in [2.05, 4.69) is 28.1 Å². The van der Waals surface area contributed by atoms with Gasteiger partial charge in [-0.1, -0.05) is 96.8 Å². The van der Waals surface area contributed by atoms with E-state index in [1.54, 1.807) is 0 Å². The van der Waals surface area contributed by atoms with Crippen molar-refractivity contribution in [2.24, 2.45) is 0 Å². The Morgan fingerprint density at radius 1 is 0.553 bits per heavy atom. The minimum Gasteiger partial charge on any atom is -1.00 e. The van der Waals surface area contributed by atoms with E-state index in [1.807, 2.05) is 0 Å². The third-order valence-corrected chi connectivity index (χ3v) is 11.6. The molecule has 0 aromatic carbocycles. The van der Waals surface area contributed by atoms with E-state index in [4.69, 9.17) is 13.3 Å². The van der Waals surface area contributed by atoms with E-state index >= 15 is 0 Å². The average molecular weight is 600 g/mol. The SMILES string of the molecule is CCCCCCCCCCCCCCCCCC[N+](C)(C)CCC[Si]12OCC[N+](C)(CCO1)CCO2.[Cl-].[Cl-]. The van der Waals surface area contributed by atoms with Gasteiger partial charge in [-0.25, -0.2) is 0 Å². The smallest absolute Gasteiger partial charge is 0.501 e. The summed E-state index contributed by atoms with van der Waals surface area (Å²) in [5.41, 5.74) is 0. The second kappa shape index (κ2) is 22.2. The molecule has 0 amide bonds. The van der Waals surface area contributed by atoms with Gasteiger partial charge in [0.1, 0.15) is 19.6 Å². The molecule has 8 heteroatoms. The van der Waals surface area contributed by atoms with E-state index in [0.717, 1.165) is 60.9 Å². The van der Waals surface area contributed by atoms with Crippen LogP contribution in [0.25, 0.3) is 0 Å². The van der Waals surface area contributed by atoms with Crippen LogP contribution >= 0.6 is 0 Å². The number of hydrogen-bond acceptors (Lipinski definition) is 3. The number of halogens is 2. The van der Waals surface area contributed by atoms with Crippen LogP contribution in [0.15, 0.2) is 0 Å².